The molecule has 0 N–H and O–H groups in total. The second-order valence-electron chi connectivity index (χ2n) is 5.48. The molecule has 0 aliphatic carbocycles. The maximum absolute atomic E-state index is 12.8. The van der Waals surface area contributed by atoms with Gasteiger partial charge in [-0.1, -0.05) is 0 Å². The van der Waals surface area contributed by atoms with E-state index in [2.05, 4.69) is 9.97 Å². The maximum atomic E-state index is 12.8. The van der Waals surface area contributed by atoms with Crippen molar-refractivity contribution in [1.82, 2.24) is 14.3 Å². The van der Waals surface area contributed by atoms with E-state index in [1.54, 1.807) is 43.8 Å². The van der Waals surface area contributed by atoms with Crippen LogP contribution in [0.5, 0.6) is 5.75 Å². The number of sulfonamides is 1. The van der Waals surface area contributed by atoms with Gasteiger partial charge >= 0.3 is 0 Å². The number of nitrogens with zero attached hydrogens (tertiary/aromatic N) is 3. The molecule has 0 unspecified atom stereocenters. The van der Waals surface area contributed by atoms with Crippen molar-refractivity contribution in [2.45, 2.75) is 17.9 Å². The lowest BCUT2D eigenvalue weighted by atomic mass is 10.2. The number of aryl methyl sites for hydroxylation is 1. The zero-order chi connectivity index (χ0) is 17.2. The molecule has 0 amide bonds. The van der Waals surface area contributed by atoms with Crippen molar-refractivity contribution in [2.24, 2.45) is 0 Å². The molecule has 1 aliphatic rings. The first-order valence-electron chi connectivity index (χ1n) is 7.55. The Kier molecular flexibility index (Phi) is 4.79. The van der Waals surface area contributed by atoms with Crippen LogP contribution in [0.15, 0.2) is 41.6 Å². The number of methoxy groups -OCH3 is 1. The highest BCUT2D eigenvalue weighted by atomic mass is 32.2. The van der Waals surface area contributed by atoms with Crippen LogP contribution < -0.4 is 4.74 Å². The SMILES string of the molecule is COc1ccc(S(=O)(=O)N2CCO[C@@H](c3cnc(C)cn3)C2)cc1. The summed E-state index contributed by atoms with van der Waals surface area (Å²) in [6.07, 6.45) is 2.86. The van der Waals surface area contributed by atoms with Crippen molar-refractivity contribution in [3.63, 3.8) is 0 Å². The Morgan fingerprint density at radius 2 is 1.96 bits per heavy atom. The van der Waals surface area contributed by atoms with E-state index >= 15 is 0 Å². The number of hydrogen-bond donors (Lipinski definition) is 0. The standard InChI is InChI=1S/C16H19N3O4S/c1-12-9-18-15(10-17-12)16-11-19(7-8-23-16)24(20,21)14-5-3-13(22-2)4-6-14/h3-6,9-10,16H,7-8,11H2,1-2H3/t16-/m1/s1. The van der Waals surface area contributed by atoms with Crippen LogP contribution in [0.2, 0.25) is 0 Å². The van der Waals surface area contributed by atoms with Gasteiger partial charge in [0.25, 0.3) is 0 Å². The summed E-state index contributed by atoms with van der Waals surface area (Å²) in [7, 11) is -2.05. The Bertz CT molecular complexity index is 791. The first-order chi connectivity index (χ1) is 11.5. The lowest BCUT2D eigenvalue weighted by molar-refractivity contribution is -0.00516. The van der Waals surface area contributed by atoms with E-state index in [0.717, 1.165) is 5.69 Å². The average molecular weight is 349 g/mol. The van der Waals surface area contributed by atoms with Crippen LogP contribution >= 0.6 is 0 Å². The molecule has 0 bridgehead atoms. The van der Waals surface area contributed by atoms with Gasteiger partial charge in [0.2, 0.25) is 10.0 Å². The minimum Gasteiger partial charge on any atom is -0.497 e. The molecule has 1 atom stereocenters. The predicted molar refractivity (Wildman–Crippen MR) is 87.2 cm³/mol. The zero-order valence-corrected chi connectivity index (χ0v) is 14.4. The summed E-state index contributed by atoms with van der Waals surface area (Å²) in [6, 6.07) is 6.36. The van der Waals surface area contributed by atoms with Crippen molar-refractivity contribution in [3.8, 4) is 5.75 Å². The van der Waals surface area contributed by atoms with Crippen molar-refractivity contribution >= 4 is 10.0 Å². The molecule has 7 nitrogen and oxygen atoms in total. The second-order valence-corrected chi connectivity index (χ2v) is 7.42. The summed E-state index contributed by atoms with van der Waals surface area (Å²) in [4.78, 5) is 8.72. The van der Waals surface area contributed by atoms with Gasteiger partial charge in [0.1, 0.15) is 11.9 Å². The minimum atomic E-state index is -3.59. The lowest BCUT2D eigenvalue weighted by Gasteiger charge is -2.31. The smallest absolute Gasteiger partial charge is 0.243 e. The monoisotopic (exact) mass is 349 g/mol. The Labute approximate surface area is 141 Å². The van der Waals surface area contributed by atoms with E-state index in [-0.39, 0.29) is 11.4 Å². The van der Waals surface area contributed by atoms with Crippen molar-refractivity contribution in [1.29, 1.82) is 0 Å². The summed E-state index contributed by atoms with van der Waals surface area (Å²) in [5, 5.41) is 0. The Morgan fingerprint density at radius 1 is 1.21 bits per heavy atom. The average Bonchev–Trinajstić information content (AvgIpc) is 2.62. The van der Waals surface area contributed by atoms with Gasteiger partial charge in [0, 0.05) is 19.3 Å². The van der Waals surface area contributed by atoms with E-state index in [9.17, 15) is 8.42 Å². The molecule has 24 heavy (non-hydrogen) atoms. The van der Waals surface area contributed by atoms with Crippen molar-refractivity contribution < 1.29 is 17.9 Å². The molecule has 1 aromatic carbocycles. The Balaban J connectivity index is 1.81. The third kappa shape index (κ3) is 3.40. The molecule has 1 fully saturated rings. The van der Waals surface area contributed by atoms with Gasteiger partial charge in [0.05, 0.1) is 36.2 Å². The lowest BCUT2D eigenvalue weighted by Crippen LogP contribution is -2.42. The number of benzene rings is 1. The van der Waals surface area contributed by atoms with Crippen molar-refractivity contribution in [2.75, 3.05) is 26.8 Å². The van der Waals surface area contributed by atoms with E-state index in [4.69, 9.17) is 9.47 Å². The molecule has 128 valence electrons. The van der Waals surface area contributed by atoms with Crippen LogP contribution in [0.1, 0.15) is 17.5 Å². The number of morpholine rings is 1. The van der Waals surface area contributed by atoms with Crippen LogP contribution in [-0.2, 0) is 14.8 Å². The molecular weight excluding hydrogens is 330 g/mol. The molecule has 0 radical (unpaired) electrons. The molecule has 1 aliphatic heterocycles. The van der Waals surface area contributed by atoms with Gasteiger partial charge in [-0.05, 0) is 31.2 Å². The van der Waals surface area contributed by atoms with Gasteiger partial charge in [0.15, 0.2) is 0 Å². The number of ether oxygens (including phenoxy) is 2. The van der Waals surface area contributed by atoms with E-state index in [1.165, 1.54) is 4.31 Å². The molecule has 2 aromatic rings. The van der Waals surface area contributed by atoms with Gasteiger partial charge in [-0.25, -0.2) is 8.42 Å². The number of hydrogen-bond acceptors (Lipinski definition) is 6. The highest BCUT2D eigenvalue weighted by molar-refractivity contribution is 7.89. The summed E-state index contributed by atoms with van der Waals surface area (Å²) in [5.41, 5.74) is 1.44. The van der Waals surface area contributed by atoms with Gasteiger partial charge < -0.3 is 9.47 Å². The van der Waals surface area contributed by atoms with Crippen LogP contribution in [0.3, 0.4) is 0 Å². The highest BCUT2D eigenvalue weighted by Crippen LogP contribution is 2.26. The van der Waals surface area contributed by atoms with Gasteiger partial charge in [-0.2, -0.15) is 4.31 Å². The van der Waals surface area contributed by atoms with E-state index in [1.807, 2.05) is 6.92 Å². The molecule has 1 saturated heterocycles. The Hall–Kier alpha value is -2.03. The number of rotatable bonds is 4. The van der Waals surface area contributed by atoms with Crippen molar-refractivity contribution in [3.05, 3.63) is 48.0 Å². The van der Waals surface area contributed by atoms with Gasteiger partial charge in [-0.3, -0.25) is 9.97 Å². The molecule has 0 spiro atoms. The van der Waals surface area contributed by atoms with Crippen LogP contribution in [0.4, 0.5) is 0 Å². The summed E-state index contributed by atoms with van der Waals surface area (Å²) in [6.45, 7) is 2.69. The third-order valence-corrected chi connectivity index (χ3v) is 5.74. The predicted octanol–water partition coefficient (Wildman–Crippen LogP) is 1.56. The Morgan fingerprint density at radius 3 is 2.58 bits per heavy atom. The summed E-state index contributed by atoms with van der Waals surface area (Å²) in [5.74, 6) is 0.615. The first-order valence-corrected chi connectivity index (χ1v) is 8.99. The molecule has 2 heterocycles. The second kappa shape index (κ2) is 6.84. The summed E-state index contributed by atoms with van der Waals surface area (Å²) >= 11 is 0. The maximum Gasteiger partial charge on any atom is 0.243 e. The fourth-order valence-electron chi connectivity index (χ4n) is 2.49. The van der Waals surface area contributed by atoms with E-state index in [0.29, 0.717) is 24.6 Å². The van der Waals surface area contributed by atoms with Crippen LogP contribution in [0.25, 0.3) is 0 Å². The molecule has 1 aromatic heterocycles. The highest BCUT2D eigenvalue weighted by Gasteiger charge is 2.32. The van der Waals surface area contributed by atoms with Gasteiger partial charge in [-0.15, -0.1) is 0 Å². The quantitative estimate of drug-likeness (QED) is 0.833. The first kappa shape index (κ1) is 16.8. The fraction of sp³-hybridized carbons (Fsp3) is 0.375. The van der Waals surface area contributed by atoms with Crippen LogP contribution in [-0.4, -0.2) is 49.5 Å². The van der Waals surface area contributed by atoms with Crippen LogP contribution in [0, 0.1) is 6.92 Å². The molecular formula is C16H19N3O4S. The largest absolute Gasteiger partial charge is 0.497 e. The molecule has 3 rings (SSSR count). The zero-order valence-electron chi connectivity index (χ0n) is 13.5. The fourth-order valence-corrected chi connectivity index (χ4v) is 3.91. The topological polar surface area (TPSA) is 81.6 Å². The molecule has 8 heteroatoms. The normalized spacial score (nSPS) is 19.2. The molecule has 0 saturated carbocycles. The number of aromatic nitrogens is 2. The summed E-state index contributed by atoms with van der Waals surface area (Å²) < 4.78 is 37.8. The third-order valence-electron chi connectivity index (χ3n) is 3.86. The van der Waals surface area contributed by atoms with E-state index < -0.39 is 16.1 Å². The minimum absolute atomic E-state index is 0.214.